The normalized spacial score (nSPS) is 27.0. The van der Waals surface area contributed by atoms with Crippen molar-refractivity contribution in [2.24, 2.45) is 23.5 Å². The van der Waals surface area contributed by atoms with Gasteiger partial charge in [-0.1, -0.05) is 77.8 Å². The molecule has 3 fully saturated rings. The zero-order chi connectivity index (χ0) is 64.5. The van der Waals surface area contributed by atoms with Crippen molar-refractivity contribution in [3.05, 3.63) is 29.8 Å². The van der Waals surface area contributed by atoms with Crippen molar-refractivity contribution < 1.29 is 84.0 Å². The molecular formula is C59H98N10O17S. The number of hydrogen-bond acceptors (Lipinski definition) is 20. The molecule has 3 aliphatic rings. The monoisotopic (exact) mass is 1250 g/mol. The predicted octanol–water partition coefficient (Wildman–Crippen LogP) is -2.20. The first-order valence-corrected chi connectivity index (χ1v) is 32.1. The summed E-state index contributed by atoms with van der Waals surface area (Å²) in [6, 6.07) is -5.34. The van der Waals surface area contributed by atoms with Crippen LogP contribution < -0.4 is 43.0 Å². The van der Waals surface area contributed by atoms with Gasteiger partial charge >= 0.3 is 0 Å². The smallest absolute Gasteiger partial charge is 0.248 e. The number of Topliss-reactive ketones (excluding diaryl/α,β-unsaturated/α-hetero) is 1. The number of aliphatic hydroxyl groups excluding tert-OH is 7. The summed E-state index contributed by atoms with van der Waals surface area (Å²) in [5.74, 6) is -8.63. The SMILES string of the molecule is CC[C@H](C)C[C@H](C)CCCCCCCCC(=O)N[C@H]1C[C@@H](O)[C@@H](NCCN)NC(=O)[C@@H]2[C@@H](O)CCN2C(=O)[C@H]([C@H](O)CCNC(=O)[C@H](CCSC)NC=O)NC(=O)[C@H]([C@H](O)[C@@H](O)c2ccc(O)cc2)CC(=O)[C@@H]2C[C@@H](O)CN2C(=O)[C@H]([C@@H](C)O)NC1=O. The van der Waals surface area contributed by atoms with Crippen LogP contribution in [-0.4, -0.2) is 228 Å². The first-order valence-electron chi connectivity index (χ1n) is 30.7. The number of nitrogens with one attached hydrogen (secondary N) is 7. The molecule has 1 aromatic rings. The minimum atomic E-state index is -2.25. The number of phenolic OH excluding ortho intramolecular Hbond substituents is 1. The third-order valence-corrected chi connectivity index (χ3v) is 17.3. The Morgan fingerprint density at radius 1 is 0.793 bits per heavy atom. The Hall–Kier alpha value is -5.56. The van der Waals surface area contributed by atoms with Gasteiger partial charge in [-0.2, -0.15) is 11.8 Å². The first-order chi connectivity index (χ1) is 41.4. The van der Waals surface area contributed by atoms with Gasteiger partial charge in [0, 0.05) is 58.4 Å². The first kappa shape index (κ1) is 73.9. The number of unbranched alkanes of at least 4 members (excludes halogenated alkanes) is 5. The van der Waals surface area contributed by atoms with Crippen molar-refractivity contribution in [1.29, 1.82) is 0 Å². The molecule has 8 amide bonds. The van der Waals surface area contributed by atoms with Crippen LogP contribution in [0, 0.1) is 17.8 Å². The van der Waals surface area contributed by atoms with Crippen LogP contribution in [0.5, 0.6) is 5.75 Å². The molecule has 0 radical (unpaired) electrons. The lowest BCUT2D eigenvalue weighted by Gasteiger charge is -2.35. The number of amides is 8. The van der Waals surface area contributed by atoms with E-state index in [-0.39, 0.29) is 56.8 Å². The summed E-state index contributed by atoms with van der Waals surface area (Å²) in [4.78, 5) is 128. The van der Waals surface area contributed by atoms with E-state index >= 15 is 4.79 Å². The molecule has 17 N–H and O–H groups in total. The van der Waals surface area contributed by atoms with Crippen LogP contribution >= 0.6 is 11.8 Å². The van der Waals surface area contributed by atoms with Crippen molar-refractivity contribution in [1.82, 2.24) is 47.0 Å². The molecular weight excluding hydrogens is 1150 g/mol. The molecule has 17 atom stereocenters. The number of phenols is 1. The second-order valence-electron chi connectivity index (χ2n) is 23.7. The maximum Gasteiger partial charge on any atom is 0.248 e. The number of fused-ring (bicyclic) bond motifs is 2. The van der Waals surface area contributed by atoms with Crippen LogP contribution in [0.4, 0.5) is 0 Å². The third-order valence-electron chi connectivity index (χ3n) is 16.7. The molecule has 3 saturated heterocycles. The van der Waals surface area contributed by atoms with Crippen LogP contribution in [0.1, 0.15) is 142 Å². The van der Waals surface area contributed by atoms with Crippen LogP contribution in [0.3, 0.4) is 0 Å². The highest BCUT2D eigenvalue weighted by atomic mass is 32.2. The van der Waals surface area contributed by atoms with Gasteiger partial charge in [0.25, 0.3) is 0 Å². The largest absolute Gasteiger partial charge is 0.508 e. The Balaban J connectivity index is 1.78. The van der Waals surface area contributed by atoms with Crippen molar-refractivity contribution in [3.63, 3.8) is 0 Å². The summed E-state index contributed by atoms with van der Waals surface area (Å²) in [6.07, 6.45) is -6.35. The van der Waals surface area contributed by atoms with Crippen molar-refractivity contribution in [2.75, 3.05) is 44.7 Å². The second-order valence-corrected chi connectivity index (χ2v) is 24.7. The van der Waals surface area contributed by atoms with E-state index < -0.39 is 170 Å². The van der Waals surface area contributed by atoms with E-state index in [2.05, 4.69) is 58.0 Å². The quantitative estimate of drug-likeness (QED) is 0.0287. The van der Waals surface area contributed by atoms with Crippen molar-refractivity contribution in [2.45, 2.75) is 216 Å². The fraction of sp³-hybridized carbons (Fsp3) is 0.746. The van der Waals surface area contributed by atoms with Gasteiger partial charge in [0.2, 0.25) is 47.8 Å². The van der Waals surface area contributed by atoms with Crippen LogP contribution in [0.15, 0.2) is 24.3 Å². The summed E-state index contributed by atoms with van der Waals surface area (Å²) < 4.78 is 0. The molecule has 4 rings (SSSR count). The van der Waals surface area contributed by atoms with Gasteiger partial charge in [0.1, 0.15) is 48.2 Å². The fourth-order valence-electron chi connectivity index (χ4n) is 11.4. The Kier molecular flexibility index (Phi) is 31.8. The summed E-state index contributed by atoms with van der Waals surface area (Å²) in [5, 5.41) is 109. The molecule has 87 heavy (non-hydrogen) atoms. The zero-order valence-electron chi connectivity index (χ0n) is 50.9. The number of thioether (sulfide) groups is 1. The van der Waals surface area contributed by atoms with Gasteiger partial charge in [-0.05, 0) is 80.6 Å². The highest BCUT2D eigenvalue weighted by Crippen LogP contribution is 2.31. The molecule has 0 saturated carbocycles. The summed E-state index contributed by atoms with van der Waals surface area (Å²) in [7, 11) is 0. The molecule has 0 unspecified atom stereocenters. The Labute approximate surface area is 513 Å². The maximum absolute atomic E-state index is 15.0. The lowest BCUT2D eigenvalue weighted by molar-refractivity contribution is -0.149. The molecule has 3 heterocycles. The van der Waals surface area contributed by atoms with Gasteiger partial charge in [-0.3, -0.25) is 48.5 Å². The Bertz CT molecular complexity index is 2380. The number of hydrogen-bond donors (Lipinski definition) is 16. The number of benzene rings is 1. The van der Waals surface area contributed by atoms with E-state index in [1.165, 1.54) is 42.4 Å². The van der Waals surface area contributed by atoms with E-state index in [0.29, 0.717) is 36.8 Å². The standard InChI is InChI=1S/C59H98N10O17S/c1-6-33(2)27-34(3)13-11-9-7-8-10-12-14-47(78)64-41-30-46(77)53(61-24-22-60)67-57(84)50-44(75)20-25-68(50)59(86)49(43(74)19-23-62-55(82)40(63-32-70)21-26-87-5)66-54(81)39(52(80)51(79)36-15-17-37(72)18-16-36)29-45(76)42-28-38(73)31-69(42)58(85)48(35(4)71)65-56(41)83/h15-18,32-35,38-44,46,48-53,61,71-75,77,79-80H,6-14,19-31,60H2,1-5H3,(H,62,82)(H,63,70)(H,64,78)(H,65,83)(H,66,81)(H,67,84)/t33-,34+,35+,38+,39-,40-,41-,42-,43+,44-,46+,48-,49-,50-,51-,52-,53-/m0/s1. The molecule has 0 aromatic heterocycles. The predicted molar refractivity (Wildman–Crippen MR) is 321 cm³/mol. The number of carbonyl (C=O) groups excluding carboxylic acids is 9. The topological polar surface area (TPSA) is 432 Å². The highest BCUT2D eigenvalue weighted by Gasteiger charge is 2.49. The Morgan fingerprint density at radius 2 is 1.45 bits per heavy atom. The van der Waals surface area contributed by atoms with Gasteiger partial charge in [-0.15, -0.1) is 0 Å². The second kappa shape index (κ2) is 37.4. The number of ketones is 1. The van der Waals surface area contributed by atoms with E-state index in [1.807, 2.05) is 0 Å². The number of rotatable bonds is 30. The van der Waals surface area contributed by atoms with Gasteiger partial charge in [0.05, 0.1) is 48.6 Å². The van der Waals surface area contributed by atoms with E-state index in [9.17, 15) is 79.2 Å². The number of aromatic hydroxyl groups is 1. The van der Waals surface area contributed by atoms with Crippen LogP contribution in [-0.2, 0) is 43.2 Å². The third kappa shape index (κ3) is 22.8. The average Bonchev–Trinajstić information content (AvgIpc) is 4.17. The van der Waals surface area contributed by atoms with Crippen molar-refractivity contribution >= 4 is 65.3 Å². The van der Waals surface area contributed by atoms with E-state index in [1.54, 1.807) is 6.26 Å². The lowest BCUT2D eigenvalue weighted by Crippen LogP contribution is -2.63. The Morgan fingerprint density at radius 3 is 2.09 bits per heavy atom. The van der Waals surface area contributed by atoms with E-state index in [0.717, 1.165) is 55.2 Å². The summed E-state index contributed by atoms with van der Waals surface area (Å²) in [5.41, 5.74) is 5.77. The highest BCUT2D eigenvalue weighted by molar-refractivity contribution is 7.98. The van der Waals surface area contributed by atoms with Gasteiger partial charge in [0.15, 0.2) is 5.78 Å². The molecule has 0 bridgehead atoms. The van der Waals surface area contributed by atoms with Gasteiger partial charge < -0.3 is 88.3 Å². The van der Waals surface area contributed by atoms with E-state index in [4.69, 9.17) is 5.73 Å². The maximum atomic E-state index is 15.0. The number of carbonyl (C=O) groups is 9. The summed E-state index contributed by atoms with van der Waals surface area (Å²) >= 11 is 1.41. The molecule has 0 spiro atoms. The van der Waals surface area contributed by atoms with Gasteiger partial charge in [-0.25, -0.2) is 0 Å². The molecule has 27 nitrogen and oxygen atoms in total. The molecule has 492 valence electrons. The number of aliphatic hydroxyl groups is 7. The minimum absolute atomic E-state index is 0.0455. The van der Waals surface area contributed by atoms with Crippen molar-refractivity contribution in [3.8, 4) is 5.75 Å². The summed E-state index contributed by atoms with van der Waals surface area (Å²) in [6.45, 7) is 6.45. The molecule has 3 aliphatic heterocycles. The minimum Gasteiger partial charge on any atom is -0.508 e. The van der Waals surface area contributed by atoms with Crippen LogP contribution in [0.2, 0.25) is 0 Å². The fourth-order valence-corrected chi connectivity index (χ4v) is 11.9. The number of nitrogens with two attached hydrogens (primary N) is 1. The zero-order valence-corrected chi connectivity index (χ0v) is 51.7. The number of nitrogens with zero attached hydrogens (tertiary/aromatic N) is 2. The average molecular weight is 1250 g/mol. The lowest BCUT2D eigenvalue weighted by atomic mass is 9.86. The molecule has 0 aliphatic carbocycles. The molecule has 28 heteroatoms. The molecule has 1 aromatic carbocycles. The van der Waals surface area contributed by atoms with Crippen LogP contribution in [0.25, 0.3) is 0 Å².